The van der Waals surface area contributed by atoms with E-state index >= 15 is 0 Å². The van der Waals surface area contributed by atoms with Crippen molar-refractivity contribution in [2.75, 3.05) is 5.32 Å². The van der Waals surface area contributed by atoms with E-state index in [2.05, 4.69) is 5.32 Å². The van der Waals surface area contributed by atoms with E-state index in [0.717, 1.165) is 24.7 Å². The zero-order chi connectivity index (χ0) is 12.0. The molecule has 0 radical (unpaired) electrons. The summed E-state index contributed by atoms with van der Waals surface area (Å²) in [6.07, 6.45) is 3.32. The van der Waals surface area contributed by atoms with E-state index in [9.17, 15) is 9.59 Å². The van der Waals surface area contributed by atoms with Gasteiger partial charge in [0.1, 0.15) is 5.00 Å². The van der Waals surface area contributed by atoms with Gasteiger partial charge in [0.2, 0.25) is 5.91 Å². The van der Waals surface area contributed by atoms with Gasteiger partial charge in [0.15, 0.2) is 0 Å². The predicted molar refractivity (Wildman–Crippen MR) is 65.8 cm³/mol. The van der Waals surface area contributed by atoms with Gasteiger partial charge in [-0.2, -0.15) is 0 Å². The van der Waals surface area contributed by atoms with Crippen LogP contribution in [0.4, 0.5) is 5.00 Å². The second-order valence-electron chi connectivity index (χ2n) is 4.94. The second kappa shape index (κ2) is 3.84. The molecular formula is C12H14N2O2S. The maximum Gasteiger partial charge on any atom is 0.251 e. The molecule has 4 nitrogen and oxygen atoms in total. The van der Waals surface area contributed by atoms with Gasteiger partial charge >= 0.3 is 0 Å². The molecule has 3 N–H and O–H groups in total. The molecule has 0 bridgehead atoms. The minimum atomic E-state index is -0.490. The Bertz CT molecular complexity index is 473. The van der Waals surface area contributed by atoms with Crippen LogP contribution in [0.5, 0.6) is 0 Å². The van der Waals surface area contributed by atoms with Gasteiger partial charge in [-0.3, -0.25) is 9.59 Å². The smallest absolute Gasteiger partial charge is 0.251 e. The molecule has 5 heteroatoms. The van der Waals surface area contributed by atoms with Gasteiger partial charge in [0.05, 0.1) is 5.56 Å². The number of amides is 2. The number of carbonyl (C=O) groups is 2. The van der Waals surface area contributed by atoms with Crippen LogP contribution in [0.15, 0.2) is 11.4 Å². The average Bonchev–Trinajstić information content (AvgIpc) is 2.75. The van der Waals surface area contributed by atoms with E-state index in [1.54, 1.807) is 11.4 Å². The van der Waals surface area contributed by atoms with Crippen LogP contribution < -0.4 is 11.1 Å². The normalized spacial score (nSPS) is 29.8. The minimum absolute atomic E-state index is 0.0437. The van der Waals surface area contributed by atoms with Crippen molar-refractivity contribution in [3.63, 3.8) is 0 Å². The summed E-state index contributed by atoms with van der Waals surface area (Å²) in [5.74, 6) is 1.24. The Morgan fingerprint density at radius 1 is 1.29 bits per heavy atom. The molecule has 2 saturated carbocycles. The van der Waals surface area contributed by atoms with Gasteiger partial charge in [0.25, 0.3) is 5.91 Å². The Hall–Kier alpha value is -1.36. The molecule has 0 saturated heterocycles. The Balaban J connectivity index is 1.67. The monoisotopic (exact) mass is 250 g/mol. The van der Waals surface area contributed by atoms with E-state index in [1.807, 2.05) is 0 Å². The van der Waals surface area contributed by atoms with Gasteiger partial charge in [-0.25, -0.2) is 0 Å². The molecule has 1 heterocycles. The lowest BCUT2D eigenvalue weighted by atomic mass is 10.0. The first-order valence-corrected chi connectivity index (χ1v) is 6.71. The fourth-order valence-corrected chi connectivity index (χ4v) is 3.54. The number of fused-ring (bicyclic) bond motifs is 1. The summed E-state index contributed by atoms with van der Waals surface area (Å²) >= 11 is 1.34. The summed E-state index contributed by atoms with van der Waals surface area (Å²) in [5, 5.41) is 5.19. The molecular weight excluding hydrogens is 236 g/mol. The lowest BCUT2D eigenvalue weighted by Crippen LogP contribution is -2.23. The Morgan fingerprint density at radius 3 is 2.65 bits per heavy atom. The summed E-state index contributed by atoms with van der Waals surface area (Å²) in [5.41, 5.74) is 5.64. The fraction of sp³-hybridized carbons (Fsp3) is 0.500. The largest absolute Gasteiger partial charge is 0.366 e. The standard InChI is InChI=1S/C12H14N2O2S/c13-10(15)9-1-2-17-12(9)14-11(16)8-4-6-3-7(6)5-8/h1-2,6-8H,3-5H2,(H2,13,15)(H,14,16). The third-order valence-corrected chi connectivity index (χ3v) is 4.61. The maximum atomic E-state index is 12.0. The van der Waals surface area contributed by atoms with Crippen LogP contribution in [0.2, 0.25) is 0 Å². The van der Waals surface area contributed by atoms with Crippen molar-refractivity contribution in [2.24, 2.45) is 23.5 Å². The number of primary amides is 1. The van der Waals surface area contributed by atoms with Crippen LogP contribution in [0, 0.1) is 17.8 Å². The molecule has 1 aromatic rings. The van der Waals surface area contributed by atoms with Crippen LogP contribution >= 0.6 is 11.3 Å². The number of rotatable bonds is 3. The Morgan fingerprint density at radius 2 is 2.00 bits per heavy atom. The number of hydrogen-bond donors (Lipinski definition) is 2. The van der Waals surface area contributed by atoms with Crippen molar-refractivity contribution in [3.8, 4) is 0 Å². The Kier molecular flexibility index (Phi) is 2.43. The van der Waals surface area contributed by atoms with Gasteiger partial charge in [-0.15, -0.1) is 11.3 Å². The minimum Gasteiger partial charge on any atom is -0.366 e. The molecule has 0 aliphatic heterocycles. The van der Waals surface area contributed by atoms with Crippen molar-refractivity contribution in [3.05, 3.63) is 17.0 Å². The molecule has 17 heavy (non-hydrogen) atoms. The lowest BCUT2D eigenvalue weighted by Gasteiger charge is -2.11. The molecule has 2 aliphatic carbocycles. The third-order valence-electron chi connectivity index (χ3n) is 3.78. The SMILES string of the molecule is NC(=O)c1ccsc1NC(=O)C1CC2CC2C1. The van der Waals surface area contributed by atoms with E-state index < -0.39 is 5.91 Å². The first-order valence-electron chi connectivity index (χ1n) is 5.83. The van der Waals surface area contributed by atoms with Crippen molar-refractivity contribution in [1.82, 2.24) is 0 Å². The molecule has 90 valence electrons. The number of carbonyl (C=O) groups excluding carboxylic acids is 2. The molecule has 0 spiro atoms. The molecule has 2 fully saturated rings. The Labute approximate surface area is 103 Å². The summed E-state index contributed by atoms with van der Waals surface area (Å²) in [6, 6.07) is 1.65. The molecule has 3 rings (SSSR count). The van der Waals surface area contributed by atoms with Crippen molar-refractivity contribution in [1.29, 1.82) is 0 Å². The van der Waals surface area contributed by atoms with Crippen LogP contribution in [-0.4, -0.2) is 11.8 Å². The number of nitrogens with one attached hydrogen (secondary N) is 1. The van der Waals surface area contributed by atoms with Crippen molar-refractivity contribution in [2.45, 2.75) is 19.3 Å². The molecule has 0 aromatic carbocycles. The molecule has 2 atom stereocenters. The summed E-state index contributed by atoms with van der Waals surface area (Å²) < 4.78 is 0. The van der Waals surface area contributed by atoms with E-state index in [-0.39, 0.29) is 11.8 Å². The maximum absolute atomic E-state index is 12.0. The van der Waals surface area contributed by atoms with Gasteiger partial charge in [0, 0.05) is 5.92 Å². The third kappa shape index (κ3) is 1.95. The first-order chi connectivity index (χ1) is 8.15. The summed E-state index contributed by atoms with van der Waals surface area (Å²) in [4.78, 5) is 23.1. The van der Waals surface area contributed by atoms with Crippen LogP contribution in [-0.2, 0) is 4.79 Å². The van der Waals surface area contributed by atoms with Crippen molar-refractivity contribution >= 4 is 28.2 Å². The summed E-state index contributed by atoms with van der Waals surface area (Å²) in [7, 11) is 0. The molecule has 2 unspecified atom stereocenters. The second-order valence-corrected chi connectivity index (χ2v) is 5.86. The van der Waals surface area contributed by atoms with Gasteiger partial charge in [-0.05, 0) is 42.5 Å². The molecule has 2 amide bonds. The van der Waals surface area contributed by atoms with Gasteiger partial charge in [-0.1, -0.05) is 0 Å². The van der Waals surface area contributed by atoms with Crippen LogP contribution in [0.1, 0.15) is 29.6 Å². The summed E-state index contributed by atoms with van der Waals surface area (Å²) in [6.45, 7) is 0. The van der Waals surface area contributed by atoms with Crippen molar-refractivity contribution < 1.29 is 9.59 Å². The van der Waals surface area contributed by atoms with Crippen LogP contribution in [0.3, 0.4) is 0 Å². The molecule has 2 aliphatic rings. The highest BCUT2D eigenvalue weighted by molar-refractivity contribution is 7.14. The number of thiophene rings is 1. The number of anilines is 1. The predicted octanol–water partition coefficient (Wildman–Crippen LogP) is 1.83. The average molecular weight is 250 g/mol. The number of nitrogens with two attached hydrogens (primary N) is 1. The van der Waals surface area contributed by atoms with E-state index in [4.69, 9.17) is 5.73 Å². The highest BCUT2D eigenvalue weighted by atomic mass is 32.1. The number of hydrogen-bond acceptors (Lipinski definition) is 3. The lowest BCUT2D eigenvalue weighted by molar-refractivity contribution is -0.119. The quantitative estimate of drug-likeness (QED) is 0.859. The zero-order valence-electron chi connectivity index (χ0n) is 9.31. The van der Waals surface area contributed by atoms with E-state index in [1.165, 1.54) is 17.8 Å². The zero-order valence-corrected chi connectivity index (χ0v) is 10.1. The van der Waals surface area contributed by atoms with Crippen LogP contribution in [0.25, 0.3) is 0 Å². The highest BCUT2D eigenvalue weighted by Crippen LogP contribution is 2.54. The van der Waals surface area contributed by atoms with Gasteiger partial charge < -0.3 is 11.1 Å². The fourth-order valence-electron chi connectivity index (χ4n) is 2.74. The van der Waals surface area contributed by atoms with E-state index in [0.29, 0.717) is 10.6 Å². The highest BCUT2D eigenvalue weighted by Gasteiger charge is 2.48. The molecule has 1 aromatic heterocycles. The topological polar surface area (TPSA) is 72.2 Å². The first kappa shape index (κ1) is 10.8.